The molecular formula is C29H34F3N5O2. The molecule has 1 N–H and O–H groups in total. The van der Waals surface area contributed by atoms with Gasteiger partial charge in [0.2, 0.25) is 0 Å². The molecule has 1 aromatic heterocycles. The van der Waals surface area contributed by atoms with Crippen LogP contribution in [0.1, 0.15) is 22.4 Å². The normalized spacial score (nSPS) is 17.7. The van der Waals surface area contributed by atoms with Crippen LogP contribution < -0.4 is 4.90 Å². The van der Waals surface area contributed by atoms with Crippen LogP contribution in [-0.4, -0.2) is 82.9 Å². The molecule has 1 unspecified atom stereocenters. The lowest BCUT2D eigenvalue weighted by Crippen LogP contribution is -2.49. The van der Waals surface area contributed by atoms with Crippen LogP contribution in [0.25, 0.3) is 11.3 Å². The molecule has 5 rings (SSSR count). The Morgan fingerprint density at radius 3 is 2.36 bits per heavy atom. The average Bonchev–Trinajstić information content (AvgIpc) is 3.26. The van der Waals surface area contributed by atoms with Gasteiger partial charge in [-0.05, 0) is 30.7 Å². The topological polar surface area (TPSA) is 64.8 Å². The molecule has 0 amide bonds. The first-order chi connectivity index (χ1) is 18.7. The number of nitrogens with zero attached hydrogens (tertiary/aromatic N) is 5. The minimum absolute atomic E-state index is 0.286. The largest absolute Gasteiger partial charge is 0.416 e. The number of hydrogen-bond acceptors (Lipinski definition) is 6. The van der Waals surface area contributed by atoms with Gasteiger partial charge in [-0.25, -0.2) is 0 Å². The lowest BCUT2D eigenvalue weighted by atomic mass is 10.00. The number of benzene rings is 2. The maximum atomic E-state index is 13.1. The number of para-hydroxylation sites is 1. The SMILES string of the molecule is Cc1ccccc1N1CCN(CC(O)Cn2nc(-c3ccc(C(F)(F)F)cc3)c3c2CCN(CC=O)C3)CC1. The zero-order valence-electron chi connectivity index (χ0n) is 22.1. The molecule has 3 aromatic rings. The van der Waals surface area contributed by atoms with E-state index >= 15 is 0 Å². The Morgan fingerprint density at radius 2 is 1.69 bits per heavy atom. The zero-order valence-corrected chi connectivity index (χ0v) is 22.1. The van der Waals surface area contributed by atoms with Crippen molar-refractivity contribution in [1.82, 2.24) is 19.6 Å². The van der Waals surface area contributed by atoms with E-state index in [-0.39, 0.29) is 6.54 Å². The van der Waals surface area contributed by atoms with Gasteiger partial charge < -0.3 is 14.8 Å². The highest BCUT2D eigenvalue weighted by Crippen LogP contribution is 2.34. The number of aryl methyl sites for hydroxylation is 1. The van der Waals surface area contributed by atoms with Gasteiger partial charge >= 0.3 is 6.18 Å². The summed E-state index contributed by atoms with van der Waals surface area (Å²) >= 11 is 0. The minimum atomic E-state index is -4.41. The summed E-state index contributed by atoms with van der Waals surface area (Å²) in [7, 11) is 0. The van der Waals surface area contributed by atoms with E-state index in [9.17, 15) is 23.1 Å². The number of aldehydes is 1. The molecule has 208 valence electrons. The lowest BCUT2D eigenvalue weighted by Gasteiger charge is -2.37. The van der Waals surface area contributed by atoms with E-state index in [1.165, 1.54) is 23.4 Å². The first-order valence-electron chi connectivity index (χ1n) is 13.4. The molecule has 0 saturated carbocycles. The van der Waals surface area contributed by atoms with Gasteiger partial charge in [0, 0.05) is 74.7 Å². The monoisotopic (exact) mass is 541 g/mol. The molecule has 1 atom stereocenters. The molecule has 0 spiro atoms. The number of aliphatic hydroxyl groups excluding tert-OH is 1. The lowest BCUT2D eigenvalue weighted by molar-refractivity contribution is -0.137. The number of fused-ring (bicyclic) bond motifs is 1. The van der Waals surface area contributed by atoms with E-state index in [0.29, 0.717) is 43.9 Å². The van der Waals surface area contributed by atoms with Crippen molar-refractivity contribution in [3.05, 3.63) is 70.9 Å². The second-order valence-electron chi connectivity index (χ2n) is 10.4. The summed E-state index contributed by atoms with van der Waals surface area (Å²) in [6.45, 7) is 7.86. The molecule has 0 radical (unpaired) electrons. The maximum Gasteiger partial charge on any atom is 0.416 e. The number of β-amino-alcohol motifs (C(OH)–C–C–N with tert-alkyl or cyclic N) is 1. The number of anilines is 1. The Morgan fingerprint density at radius 1 is 0.974 bits per heavy atom. The Hall–Kier alpha value is -3.21. The van der Waals surface area contributed by atoms with Crippen molar-refractivity contribution >= 4 is 12.0 Å². The summed E-state index contributed by atoms with van der Waals surface area (Å²) in [6.07, 6.45) is -3.55. The number of hydrogen-bond donors (Lipinski definition) is 1. The Bertz CT molecular complexity index is 1280. The molecule has 2 aliphatic heterocycles. The average molecular weight is 542 g/mol. The first-order valence-corrected chi connectivity index (χ1v) is 13.4. The molecule has 0 aliphatic carbocycles. The van der Waals surface area contributed by atoms with Gasteiger partial charge in [0.1, 0.15) is 6.29 Å². The summed E-state index contributed by atoms with van der Waals surface area (Å²) in [5.41, 5.74) is 4.86. The van der Waals surface area contributed by atoms with Gasteiger partial charge in [0.05, 0.1) is 30.5 Å². The van der Waals surface area contributed by atoms with E-state index in [4.69, 9.17) is 5.10 Å². The van der Waals surface area contributed by atoms with Crippen LogP contribution in [0.4, 0.5) is 18.9 Å². The number of aliphatic hydroxyl groups is 1. The zero-order chi connectivity index (χ0) is 27.6. The minimum Gasteiger partial charge on any atom is -0.390 e. The fraction of sp³-hybridized carbons (Fsp3) is 0.448. The van der Waals surface area contributed by atoms with E-state index in [2.05, 4.69) is 34.9 Å². The number of halogens is 3. The van der Waals surface area contributed by atoms with Crippen LogP contribution >= 0.6 is 0 Å². The van der Waals surface area contributed by atoms with Crippen molar-refractivity contribution < 1.29 is 23.1 Å². The molecule has 1 saturated heterocycles. The molecule has 0 bridgehead atoms. The fourth-order valence-corrected chi connectivity index (χ4v) is 5.65. The van der Waals surface area contributed by atoms with Gasteiger partial charge in [0.15, 0.2) is 0 Å². The molecular weight excluding hydrogens is 507 g/mol. The second kappa shape index (κ2) is 11.5. The van der Waals surface area contributed by atoms with Gasteiger partial charge in [-0.2, -0.15) is 18.3 Å². The van der Waals surface area contributed by atoms with Crippen LogP contribution in [-0.2, 0) is 30.5 Å². The van der Waals surface area contributed by atoms with Crippen molar-refractivity contribution in [2.24, 2.45) is 0 Å². The molecule has 1 fully saturated rings. The number of rotatable bonds is 8. The van der Waals surface area contributed by atoms with Gasteiger partial charge in [-0.1, -0.05) is 30.3 Å². The number of carbonyl (C=O) groups is 1. The predicted octanol–water partition coefficient (Wildman–Crippen LogP) is 3.62. The van der Waals surface area contributed by atoms with Crippen LogP contribution in [0.3, 0.4) is 0 Å². The quantitative estimate of drug-likeness (QED) is 0.440. The summed E-state index contributed by atoms with van der Waals surface area (Å²) in [4.78, 5) is 17.8. The molecule has 2 aromatic carbocycles. The van der Waals surface area contributed by atoms with Crippen molar-refractivity contribution in [3.8, 4) is 11.3 Å². The Labute approximate surface area is 226 Å². The van der Waals surface area contributed by atoms with E-state index in [0.717, 1.165) is 55.9 Å². The van der Waals surface area contributed by atoms with E-state index in [1.54, 1.807) is 0 Å². The first kappa shape index (κ1) is 27.4. The highest BCUT2D eigenvalue weighted by atomic mass is 19.4. The van der Waals surface area contributed by atoms with E-state index < -0.39 is 17.8 Å². The van der Waals surface area contributed by atoms with Crippen molar-refractivity contribution in [1.29, 1.82) is 0 Å². The number of aromatic nitrogens is 2. The Kier molecular flexibility index (Phi) is 8.06. The molecule has 7 nitrogen and oxygen atoms in total. The van der Waals surface area contributed by atoms with Crippen molar-refractivity contribution in [2.75, 3.05) is 50.7 Å². The van der Waals surface area contributed by atoms with Crippen LogP contribution in [0.15, 0.2) is 48.5 Å². The standard InChI is InChI=1S/C29H34F3N5O2/c1-21-4-2-3-5-26(21)36-14-12-35(13-15-36)18-24(39)19-37-27-10-11-34(16-17-38)20-25(27)28(33-37)22-6-8-23(9-7-22)29(30,31)32/h2-9,17,24,39H,10-16,18-20H2,1H3. The number of carbonyl (C=O) groups excluding carboxylic acids is 1. The van der Waals surface area contributed by atoms with Crippen LogP contribution in [0, 0.1) is 6.92 Å². The summed E-state index contributed by atoms with van der Waals surface area (Å²) in [5, 5.41) is 15.8. The van der Waals surface area contributed by atoms with Crippen molar-refractivity contribution in [2.45, 2.75) is 38.7 Å². The molecule has 39 heavy (non-hydrogen) atoms. The van der Waals surface area contributed by atoms with Gasteiger partial charge in [-0.15, -0.1) is 0 Å². The smallest absolute Gasteiger partial charge is 0.390 e. The highest BCUT2D eigenvalue weighted by Gasteiger charge is 2.31. The molecule has 2 aliphatic rings. The number of piperazine rings is 1. The maximum absolute atomic E-state index is 13.1. The summed E-state index contributed by atoms with van der Waals surface area (Å²) in [6, 6.07) is 13.4. The third-order valence-corrected chi connectivity index (χ3v) is 7.71. The van der Waals surface area contributed by atoms with E-state index in [1.807, 2.05) is 15.6 Å². The van der Waals surface area contributed by atoms with Crippen molar-refractivity contribution in [3.63, 3.8) is 0 Å². The van der Waals surface area contributed by atoms with Crippen LogP contribution in [0.2, 0.25) is 0 Å². The van der Waals surface area contributed by atoms with Crippen LogP contribution in [0.5, 0.6) is 0 Å². The Balaban J connectivity index is 1.29. The molecule has 10 heteroatoms. The molecule has 3 heterocycles. The fourth-order valence-electron chi connectivity index (χ4n) is 5.65. The second-order valence-corrected chi connectivity index (χ2v) is 10.4. The summed E-state index contributed by atoms with van der Waals surface area (Å²) < 4.78 is 41.1. The number of alkyl halides is 3. The third-order valence-electron chi connectivity index (χ3n) is 7.71. The third kappa shape index (κ3) is 6.18. The predicted molar refractivity (Wildman–Crippen MR) is 144 cm³/mol. The van der Waals surface area contributed by atoms with Gasteiger partial charge in [-0.3, -0.25) is 14.5 Å². The highest BCUT2D eigenvalue weighted by molar-refractivity contribution is 5.65. The summed E-state index contributed by atoms with van der Waals surface area (Å²) in [5.74, 6) is 0. The van der Waals surface area contributed by atoms with Gasteiger partial charge in [0.25, 0.3) is 0 Å².